The molecule has 1 nitrogen and oxygen atoms in total. The zero-order valence-corrected chi connectivity index (χ0v) is 6.77. The SMILES string of the molecule is CC1CCCCC1=CCN. The standard InChI is InChI=1S/C9H17N/c1-8-4-2-3-5-9(8)6-7-10/h6,8H,2-5,7,10H2,1H3. The monoisotopic (exact) mass is 139 g/mol. The number of hydrogen-bond acceptors (Lipinski definition) is 1. The van der Waals surface area contributed by atoms with Gasteiger partial charge in [-0.2, -0.15) is 0 Å². The van der Waals surface area contributed by atoms with Crippen LogP contribution in [0.1, 0.15) is 32.6 Å². The van der Waals surface area contributed by atoms with Crippen molar-refractivity contribution in [2.45, 2.75) is 32.6 Å². The molecule has 1 unspecified atom stereocenters. The van der Waals surface area contributed by atoms with E-state index in [1.54, 1.807) is 5.57 Å². The van der Waals surface area contributed by atoms with E-state index in [0.717, 1.165) is 12.5 Å². The molecule has 0 amide bonds. The first-order valence-corrected chi connectivity index (χ1v) is 4.23. The Kier molecular flexibility index (Phi) is 2.94. The Hall–Kier alpha value is -0.300. The lowest BCUT2D eigenvalue weighted by Gasteiger charge is -2.21. The Morgan fingerprint density at radius 3 is 3.00 bits per heavy atom. The summed E-state index contributed by atoms with van der Waals surface area (Å²) in [5.74, 6) is 0.803. The molecule has 0 radical (unpaired) electrons. The summed E-state index contributed by atoms with van der Waals surface area (Å²) >= 11 is 0. The molecule has 1 aliphatic rings. The van der Waals surface area contributed by atoms with Crippen LogP contribution < -0.4 is 5.73 Å². The first-order valence-electron chi connectivity index (χ1n) is 4.23. The first kappa shape index (κ1) is 7.80. The highest BCUT2D eigenvalue weighted by Gasteiger charge is 2.12. The summed E-state index contributed by atoms with van der Waals surface area (Å²) in [6.45, 7) is 3.03. The highest BCUT2D eigenvalue weighted by Crippen LogP contribution is 2.28. The fourth-order valence-corrected chi connectivity index (χ4v) is 1.67. The molecule has 10 heavy (non-hydrogen) atoms. The van der Waals surface area contributed by atoms with Gasteiger partial charge in [-0.15, -0.1) is 0 Å². The van der Waals surface area contributed by atoms with Gasteiger partial charge in [-0.05, 0) is 25.2 Å². The van der Waals surface area contributed by atoms with E-state index < -0.39 is 0 Å². The molecule has 0 heterocycles. The van der Waals surface area contributed by atoms with E-state index in [9.17, 15) is 0 Å². The van der Waals surface area contributed by atoms with Gasteiger partial charge in [0.25, 0.3) is 0 Å². The second-order valence-electron chi connectivity index (χ2n) is 3.16. The van der Waals surface area contributed by atoms with Crippen LogP contribution in [0.5, 0.6) is 0 Å². The Morgan fingerprint density at radius 1 is 1.60 bits per heavy atom. The maximum Gasteiger partial charge on any atom is 0.0109 e. The van der Waals surface area contributed by atoms with E-state index in [4.69, 9.17) is 5.73 Å². The number of hydrogen-bond donors (Lipinski definition) is 1. The molecule has 1 rings (SSSR count). The minimum Gasteiger partial charge on any atom is -0.327 e. The Morgan fingerprint density at radius 2 is 2.40 bits per heavy atom. The van der Waals surface area contributed by atoms with Crippen LogP contribution in [-0.2, 0) is 0 Å². The molecule has 1 heteroatoms. The summed E-state index contributed by atoms with van der Waals surface area (Å²) in [7, 11) is 0. The van der Waals surface area contributed by atoms with Crippen LogP contribution in [0.15, 0.2) is 11.6 Å². The van der Waals surface area contributed by atoms with Crippen molar-refractivity contribution in [3.8, 4) is 0 Å². The van der Waals surface area contributed by atoms with Gasteiger partial charge in [-0.25, -0.2) is 0 Å². The maximum atomic E-state index is 5.45. The lowest BCUT2D eigenvalue weighted by Crippen LogP contribution is -2.08. The van der Waals surface area contributed by atoms with Crippen molar-refractivity contribution < 1.29 is 0 Å². The zero-order valence-electron chi connectivity index (χ0n) is 6.77. The van der Waals surface area contributed by atoms with Gasteiger partial charge in [-0.1, -0.05) is 25.0 Å². The van der Waals surface area contributed by atoms with Gasteiger partial charge in [0.2, 0.25) is 0 Å². The molecule has 1 fully saturated rings. The van der Waals surface area contributed by atoms with Crippen molar-refractivity contribution in [2.24, 2.45) is 11.7 Å². The van der Waals surface area contributed by atoms with Crippen LogP contribution in [0.4, 0.5) is 0 Å². The van der Waals surface area contributed by atoms with Crippen molar-refractivity contribution in [3.05, 3.63) is 11.6 Å². The predicted octanol–water partition coefficient (Wildman–Crippen LogP) is 2.08. The molecule has 58 valence electrons. The molecule has 0 spiro atoms. The molecule has 1 saturated carbocycles. The average molecular weight is 139 g/mol. The van der Waals surface area contributed by atoms with Crippen LogP contribution in [0.2, 0.25) is 0 Å². The van der Waals surface area contributed by atoms with Crippen molar-refractivity contribution >= 4 is 0 Å². The van der Waals surface area contributed by atoms with E-state index in [0.29, 0.717) is 0 Å². The van der Waals surface area contributed by atoms with Crippen molar-refractivity contribution in [3.63, 3.8) is 0 Å². The molecule has 1 atom stereocenters. The molecule has 0 aromatic heterocycles. The smallest absolute Gasteiger partial charge is 0.0109 e. The second-order valence-corrected chi connectivity index (χ2v) is 3.16. The van der Waals surface area contributed by atoms with Gasteiger partial charge in [0, 0.05) is 6.54 Å². The van der Waals surface area contributed by atoms with E-state index >= 15 is 0 Å². The van der Waals surface area contributed by atoms with E-state index in [-0.39, 0.29) is 0 Å². The van der Waals surface area contributed by atoms with Crippen LogP contribution in [0, 0.1) is 5.92 Å². The summed E-state index contributed by atoms with van der Waals surface area (Å²) in [5.41, 5.74) is 7.04. The molecular formula is C9H17N. The number of allylic oxidation sites excluding steroid dienone is 1. The fourth-order valence-electron chi connectivity index (χ4n) is 1.67. The summed E-state index contributed by atoms with van der Waals surface area (Å²) in [6.07, 6.45) is 7.63. The normalized spacial score (nSPS) is 31.0. The van der Waals surface area contributed by atoms with Crippen LogP contribution >= 0.6 is 0 Å². The molecule has 0 bridgehead atoms. The lowest BCUT2D eigenvalue weighted by atomic mass is 9.85. The molecule has 0 aromatic carbocycles. The van der Waals surface area contributed by atoms with E-state index in [1.165, 1.54) is 25.7 Å². The Bertz CT molecular complexity index is 127. The number of nitrogens with two attached hydrogens (primary N) is 1. The van der Waals surface area contributed by atoms with Gasteiger partial charge >= 0.3 is 0 Å². The van der Waals surface area contributed by atoms with Gasteiger partial charge in [0.1, 0.15) is 0 Å². The quantitative estimate of drug-likeness (QED) is 0.553. The third-order valence-corrected chi connectivity index (χ3v) is 2.37. The molecule has 2 N–H and O–H groups in total. The Balaban J connectivity index is 2.47. The van der Waals surface area contributed by atoms with Crippen molar-refractivity contribution in [1.82, 2.24) is 0 Å². The maximum absolute atomic E-state index is 5.45. The van der Waals surface area contributed by atoms with Gasteiger partial charge in [-0.3, -0.25) is 0 Å². The highest BCUT2D eigenvalue weighted by atomic mass is 14.5. The first-order chi connectivity index (χ1) is 4.84. The minimum absolute atomic E-state index is 0.722. The summed E-state index contributed by atoms with van der Waals surface area (Å²) in [4.78, 5) is 0. The topological polar surface area (TPSA) is 26.0 Å². The van der Waals surface area contributed by atoms with Crippen molar-refractivity contribution in [1.29, 1.82) is 0 Å². The summed E-state index contributed by atoms with van der Waals surface area (Å²) < 4.78 is 0. The largest absolute Gasteiger partial charge is 0.327 e. The van der Waals surface area contributed by atoms with Crippen molar-refractivity contribution in [2.75, 3.05) is 6.54 Å². The molecule has 0 aromatic rings. The van der Waals surface area contributed by atoms with Crippen LogP contribution in [0.3, 0.4) is 0 Å². The summed E-state index contributed by atoms with van der Waals surface area (Å²) in [5, 5.41) is 0. The predicted molar refractivity (Wildman–Crippen MR) is 44.8 cm³/mol. The lowest BCUT2D eigenvalue weighted by molar-refractivity contribution is 0.482. The van der Waals surface area contributed by atoms with E-state index in [1.807, 2.05) is 0 Å². The number of rotatable bonds is 1. The van der Waals surface area contributed by atoms with Crippen LogP contribution in [-0.4, -0.2) is 6.54 Å². The third-order valence-electron chi connectivity index (χ3n) is 2.37. The van der Waals surface area contributed by atoms with E-state index in [2.05, 4.69) is 13.0 Å². The molecule has 1 aliphatic carbocycles. The summed E-state index contributed by atoms with van der Waals surface area (Å²) in [6, 6.07) is 0. The van der Waals surface area contributed by atoms with Gasteiger partial charge < -0.3 is 5.73 Å². The zero-order chi connectivity index (χ0) is 7.40. The van der Waals surface area contributed by atoms with Crippen LogP contribution in [0.25, 0.3) is 0 Å². The van der Waals surface area contributed by atoms with Gasteiger partial charge in [0.15, 0.2) is 0 Å². The average Bonchev–Trinajstić information content (AvgIpc) is 1.94. The van der Waals surface area contributed by atoms with Gasteiger partial charge in [0.05, 0.1) is 0 Å². The fraction of sp³-hybridized carbons (Fsp3) is 0.778. The highest BCUT2D eigenvalue weighted by molar-refractivity contribution is 5.08. The third kappa shape index (κ3) is 1.84. The molecule has 0 aliphatic heterocycles. The molecular weight excluding hydrogens is 122 g/mol. The second kappa shape index (κ2) is 3.77. The Labute approximate surface area is 63.3 Å². The molecule has 0 saturated heterocycles. The minimum atomic E-state index is 0.722.